The predicted octanol–water partition coefficient (Wildman–Crippen LogP) is 0.872. The topological polar surface area (TPSA) is 40.5 Å². The number of amides is 1. The summed E-state index contributed by atoms with van der Waals surface area (Å²) in [6.07, 6.45) is 0.321. The first-order chi connectivity index (χ1) is 5.45. The fourth-order valence-corrected chi connectivity index (χ4v) is 0.931. The van der Waals surface area contributed by atoms with Gasteiger partial charge in [0.25, 0.3) is 0 Å². The summed E-state index contributed by atoms with van der Waals surface area (Å²) in [7, 11) is 1.77. The van der Waals surface area contributed by atoms with Crippen LogP contribution < -0.4 is 0 Å². The first-order valence-corrected chi connectivity index (χ1v) is 4.38. The Kier molecular flexibility index (Phi) is 4.90. The number of hydrogen-bond donors (Lipinski definition) is 1. The molecule has 0 aliphatic rings. The fourth-order valence-electron chi connectivity index (χ4n) is 0.931. The minimum Gasteiger partial charge on any atom is -0.393 e. The molecule has 1 amide bonds. The van der Waals surface area contributed by atoms with E-state index in [1.54, 1.807) is 18.9 Å². The molecule has 0 saturated carbocycles. The van der Waals surface area contributed by atoms with Crippen LogP contribution in [0.25, 0.3) is 0 Å². The Morgan fingerprint density at radius 1 is 1.42 bits per heavy atom. The minimum absolute atomic E-state index is 0.0454. The van der Waals surface area contributed by atoms with Gasteiger partial charge in [-0.05, 0) is 13.3 Å². The summed E-state index contributed by atoms with van der Waals surface area (Å²) in [6, 6.07) is 0. The van der Waals surface area contributed by atoms with E-state index in [0.29, 0.717) is 13.0 Å². The summed E-state index contributed by atoms with van der Waals surface area (Å²) >= 11 is 0. The Morgan fingerprint density at radius 3 is 2.25 bits per heavy atom. The molecule has 3 heteroatoms. The van der Waals surface area contributed by atoms with Crippen molar-refractivity contribution in [2.75, 3.05) is 13.6 Å². The summed E-state index contributed by atoms with van der Waals surface area (Å²) in [6.45, 7) is 6.12. The van der Waals surface area contributed by atoms with Crippen LogP contribution in [0.4, 0.5) is 0 Å². The third kappa shape index (κ3) is 4.34. The van der Waals surface area contributed by atoms with Crippen LogP contribution in [0.5, 0.6) is 0 Å². The van der Waals surface area contributed by atoms with E-state index in [0.717, 1.165) is 0 Å². The summed E-state index contributed by atoms with van der Waals surface area (Å²) in [5.41, 5.74) is 0. The zero-order valence-electron chi connectivity index (χ0n) is 8.37. The van der Waals surface area contributed by atoms with Crippen molar-refractivity contribution >= 4 is 5.91 Å². The van der Waals surface area contributed by atoms with Gasteiger partial charge in [-0.1, -0.05) is 13.8 Å². The Balaban J connectivity index is 3.72. The molecule has 1 N–H and O–H groups in total. The summed E-state index contributed by atoms with van der Waals surface area (Å²) in [5, 5.41) is 8.98. The van der Waals surface area contributed by atoms with E-state index in [-0.39, 0.29) is 17.9 Å². The summed E-state index contributed by atoms with van der Waals surface area (Å²) in [4.78, 5) is 13.0. The molecule has 0 saturated heterocycles. The lowest BCUT2D eigenvalue weighted by Gasteiger charge is -2.19. The minimum atomic E-state index is -0.326. The van der Waals surface area contributed by atoms with E-state index in [1.165, 1.54) is 0 Å². The maximum Gasteiger partial charge on any atom is 0.224 e. The van der Waals surface area contributed by atoms with Crippen molar-refractivity contribution in [3.8, 4) is 0 Å². The molecule has 0 bridgehead atoms. The second-order valence-electron chi connectivity index (χ2n) is 3.55. The van der Waals surface area contributed by atoms with Crippen LogP contribution in [-0.2, 0) is 4.79 Å². The van der Waals surface area contributed by atoms with E-state index >= 15 is 0 Å². The molecule has 3 nitrogen and oxygen atoms in total. The summed E-state index contributed by atoms with van der Waals surface area (Å²) < 4.78 is 0. The van der Waals surface area contributed by atoms with Gasteiger partial charge in [0.05, 0.1) is 6.10 Å². The average Bonchev–Trinajstić information content (AvgIpc) is 1.98. The molecule has 0 aromatic heterocycles. The van der Waals surface area contributed by atoms with Gasteiger partial charge >= 0.3 is 0 Å². The van der Waals surface area contributed by atoms with Gasteiger partial charge in [-0.15, -0.1) is 0 Å². The van der Waals surface area contributed by atoms with Gasteiger partial charge in [0, 0.05) is 19.5 Å². The van der Waals surface area contributed by atoms with E-state index in [4.69, 9.17) is 5.11 Å². The Bertz CT molecular complexity index is 143. The van der Waals surface area contributed by atoms with Crippen LogP contribution in [-0.4, -0.2) is 35.6 Å². The molecule has 12 heavy (non-hydrogen) atoms. The molecule has 72 valence electrons. The molecule has 0 aromatic carbocycles. The first kappa shape index (κ1) is 11.4. The molecule has 0 aliphatic heterocycles. The highest BCUT2D eigenvalue weighted by molar-refractivity contribution is 5.77. The van der Waals surface area contributed by atoms with Crippen LogP contribution in [0.2, 0.25) is 0 Å². The lowest BCUT2D eigenvalue weighted by Crippen LogP contribution is -2.32. The van der Waals surface area contributed by atoms with Gasteiger partial charge in [0.15, 0.2) is 0 Å². The highest BCUT2D eigenvalue weighted by atomic mass is 16.3. The first-order valence-electron chi connectivity index (χ1n) is 4.38. The third-order valence-corrected chi connectivity index (χ3v) is 1.75. The molecule has 0 heterocycles. The molecule has 1 atom stereocenters. The molecular weight excluding hydrogens is 154 g/mol. The van der Waals surface area contributed by atoms with Crippen molar-refractivity contribution < 1.29 is 9.90 Å². The van der Waals surface area contributed by atoms with Crippen LogP contribution in [0.3, 0.4) is 0 Å². The van der Waals surface area contributed by atoms with Crippen LogP contribution >= 0.6 is 0 Å². The average molecular weight is 173 g/mol. The SMILES string of the molecule is CC(O)CCN(C)C(=O)C(C)C. The smallest absolute Gasteiger partial charge is 0.224 e. The molecular formula is C9H19NO2. The van der Waals surface area contributed by atoms with Crippen molar-refractivity contribution in [3.63, 3.8) is 0 Å². The third-order valence-electron chi connectivity index (χ3n) is 1.75. The predicted molar refractivity (Wildman–Crippen MR) is 48.8 cm³/mol. The fraction of sp³-hybridized carbons (Fsp3) is 0.889. The van der Waals surface area contributed by atoms with Crippen molar-refractivity contribution in [1.29, 1.82) is 0 Å². The van der Waals surface area contributed by atoms with E-state index in [2.05, 4.69) is 0 Å². The molecule has 0 aromatic rings. The lowest BCUT2D eigenvalue weighted by atomic mass is 10.2. The van der Waals surface area contributed by atoms with Crippen LogP contribution in [0.15, 0.2) is 0 Å². The largest absolute Gasteiger partial charge is 0.393 e. The maximum absolute atomic E-state index is 11.3. The van der Waals surface area contributed by atoms with Crippen LogP contribution in [0, 0.1) is 5.92 Å². The summed E-state index contributed by atoms with van der Waals surface area (Å²) in [5.74, 6) is 0.180. The van der Waals surface area contributed by atoms with Crippen LogP contribution in [0.1, 0.15) is 27.2 Å². The van der Waals surface area contributed by atoms with E-state index in [1.807, 2.05) is 13.8 Å². The molecule has 0 spiro atoms. The second kappa shape index (κ2) is 5.14. The Hall–Kier alpha value is -0.570. The van der Waals surface area contributed by atoms with E-state index < -0.39 is 0 Å². The number of aliphatic hydroxyl groups is 1. The highest BCUT2D eigenvalue weighted by Gasteiger charge is 2.12. The van der Waals surface area contributed by atoms with Gasteiger partial charge in [0.1, 0.15) is 0 Å². The zero-order valence-corrected chi connectivity index (χ0v) is 8.37. The molecule has 0 rings (SSSR count). The molecule has 0 radical (unpaired) electrons. The normalized spacial score (nSPS) is 13.2. The van der Waals surface area contributed by atoms with Gasteiger partial charge in [-0.2, -0.15) is 0 Å². The maximum atomic E-state index is 11.3. The highest BCUT2D eigenvalue weighted by Crippen LogP contribution is 2.00. The van der Waals surface area contributed by atoms with Crippen molar-refractivity contribution in [3.05, 3.63) is 0 Å². The number of nitrogens with zero attached hydrogens (tertiary/aromatic N) is 1. The Labute approximate surface area is 74.4 Å². The zero-order chi connectivity index (χ0) is 9.72. The monoisotopic (exact) mass is 173 g/mol. The molecule has 0 aliphatic carbocycles. The lowest BCUT2D eigenvalue weighted by molar-refractivity contribution is -0.133. The van der Waals surface area contributed by atoms with Crippen molar-refractivity contribution in [2.45, 2.75) is 33.3 Å². The number of carbonyl (C=O) groups is 1. The molecule has 0 fully saturated rings. The second-order valence-corrected chi connectivity index (χ2v) is 3.55. The Morgan fingerprint density at radius 2 is 1.92 bits per heavy atom. The number of carbonyl (C=O) groups excluding carboxylic acids is 1. The number of rotatable bonds is 4. The molecule has 1 unspecified atom stereocenters. The number of hydrogen-bond acceptors (Lipinski definition) is 2. The van der Waals surface area contributed by atoms with Crippen molar-refractivity contribution in [1.82, 2.24) is 4.90 Å². The standard InChI is InChI=1S/C9H19NO2/c1-7(2)9(12)10(4)6-5-8(3)11/h7-8,11H,5-6H2,1-4H3. The quantitative estimate of drug-likeness (QED) is 0.685. The number of aliphatic hydroxyl groups excluding tert-OH is 1. The van der Waals surface area contributed by atoms with Crippen molar-refractivity contribution in [2.24, 2.45) is 5.92 Å². The van der Waals surface area contributed by atoms with E-state index in [9.17, 15) is 4.79 Å². The van der Waals surface area contributed by atoms with Gasteiger partial charge in [-0.3, -0.25) is 4.79 Å². The van der Waals surface area contributed by atoms with Gasteiger partial charge in [-0.25, -0.2) is 0 Å². The van der Waals surface area contributed by atoms with Gasteiger partial charge < -0.3 is 10.0 Å². The van der Waals surface area contributed by atoms with Gasteiger partial charge in [0.2, 0.25) is 5.91 Å².